The summed E-state index contributed by atoms with van der Waals surface area (Å²) in [6, 6.07) is 0. The topological polar surface area (TPSA) is 40.6 Å². The minimum Gasteiger partial charge on any atom is -0.321 e. The van der Waals surface area contributed by atoms with E-state index in [2.05, 4.69) is 0 Å². The molecular formula is C26H37FN2O2. The highest BCUT2D eigenvalue weighted by molar-refractivity contribution is 5.86. The Morgan fingerprint density at radius 3 is 1.16 bits per heavy atom. The van der Waals surface area contributed by atoms with Crippen molar-refractivity contribution >= 4 is 11.8 Å². The quantitative estimate of drug-likeness (QED) is 0.655. The van der Waals surface area contributed by atoms with Gasteiger partial charge in [0.25, 0.3) is 0 Å². The molecule has 1 aliphatic heterocycles. The van der Waals surface area contributed by atoms with Gasteiger partial charge in [0.1, 0.15) is 6.17 Å². The average molecular weight is 429 g/mol. The molecule has 0 aromatic heterocycles. The van der Waals surface area contributed by atoms with Crippen LogP contribution < -0.4 is 0 Å². The molecule has 0 N–H and O–H groups in total. The number of amides is 2. The molecule has 1 heterocycles. The Kier molecular flexibility index (Phi) is 4.04. The molecule has 0 radical (unpaired) electrons. The van der Waals surface area contributed by atoms with Crippen LogP contribution in [0.1, 0.15) is 77.0 Å². The van der Waals surface area contributed by atoms with Crippen molar-refractivity contribution in [3.8, 4) is 0 Å². The van der Waals surface area contributed by atoms with E-state index in [1.54, 1.807) is 9.80 Å². The van der Waals surface area contributed by atoms with Crippen molar-refractivity contribution in [3.63, 3.8) is 0 Å². The van der Waals surface area contributed by atoms with Crippen molar-refractivity contribution in [2.24, 2.45) is 46.3 Å². The van der Waals surface area contributed by atoms with Crippen LogP contribution in [-0.4, -0.2) is 47.5 Å². The molecule has 0 aromatic rings. The third-order valence-electron chi connectivity index (χ3n) is 10.7. The molecule has 9 aliphatic rings. The number of hydrogen-bond acceptors (Lipinski definition) is 2. The summed E-state index contributed by atoms with van der Waals surface area (Å²) in [7, 11) is 0. The molecular weight excluding hydrogens is 391 g/mol. The van der Waals surface area contributed by atoms with Gasteiger partial charge in [-0.2, -0.15) is 0 Å². The SMILES string of the molecule is O=C(N1CC(F)CN(C(=O)C23CC4CC(CC(C4)C2)C3)C1)C12CC3CC(CC(C3)C1)C2. The largest absolute Gasteiger partial charge is 0.321 e. The lowest BCUT2D eigenvalue weighted by atomic mass is 9.49. The zero-order valence-corrected chi connectivity index (χ0v) is 18.7. The molecule has 8 bridgehead atoms. The van der Waals surface area contributed by atoms with Crippen LogP contribution in [-0.2, 0) is 9.59 Å². The fourth-order valence-electron chi connectivity index (χ4n) is 10.6. The predicted octanol–water partition coefficient (Wildman–Crippen LogP) is 4.39. The van der Waals surface area contributed by atoms with Gasteiger partial charge in [-0.15, -0.1) is 0 Å². The second-order valence-corrected chi connectivity index (χ2v) is 13.2. The van der Waals surface area contributed by atoms with Crippen LogP contribution in [0.3, 0.4) is 0 Å². The number of rotatable bonds is 2. The summed E-state index contributed by atoms with van der Waals surface area (Å²) in [6.07, 6.45) is 12.7. The van der Waals surface area contributed by atoms with Gasteiger partial charge in [0, 0.05) is 0 Å². The number of hydrogen-bond donors (Lipinski definition) is 0. The monoisotopic (exact) mass is 428 g/mol. The van der Waals surface area contributed by atoms with Gasteiger partial charge in [-0.05, 0) is 113 Å². The van der Waals surface area contributed by atoms with Crippen molar-refractivity contribution in [1.82, 2.24) is 9.80 Å². The van der Waals surface area contributed by atoms with Gasteiger partial charge in [-0.3, -0.25) is 9.59 Å². The van der Waals surface area contributed by atoms with E-state index in [1.165, 1.54) is 38.5 Å². The first-order valence-corrected chi connectivity index (χ1v) is 13.1. The van der Waals surface area contributed by atoms with E-state index in [4.69, 9.17) is 0 Å². The first-order valence-electron chi connectivity index (χ1n) is 13.1. The van der Waals surface area contributed by atoms with E-state index in [0.29, 0.717) is 42.2 Å². The van der Waals surface area contributed by atoms with Gasteiger partial charge in [0.2, 0.25) is 11.8 Å². The maximum atomic E-state index is 15.0. The zero-order valence-electron chi connectivity index (χ0n) is 18.7. The third kappa shape index (κ3) is 2.89. The highest BCUT2D eigenvalue weighted by Gasteiger charge is 2.58. The second-order valence-electron chi connectivity index (χ2n) is 13.2. The van der Waals surface area contributed by atoms with Gasteiger partial charge in [-0.25, -0.2) is 4.39 Å². The van der Waals surface area contributed by atoms with Crippen molar-refractivity contribution in [2.45, 2.75) is 83.2 Å². The smallest absolute Gasteiger partial charge is 0.230 e. The zero-order chi connectivity index (χ0) is 21.0. The Labute approximate surface area is 185 Å². The van der Waals surface area contributed by atoms with Crippen LogP contribution in [0.4, 0.5) is 4.39 Å². The van der Waals surface area contributed by atoms with Crippen molar-refractivity contribution in [2.75, 3.05) is 19.8 Å². The lowest BCUT2D eigenvalue weighted by Crippen LogP contribution is -2.63. The Hall–Kier alpha value is -1.13. The average Bonchev–Trinajstić information content (AvgIpc) is 2.70. The minimum atomic E-state index is -1.11. The van der Waals surface area contributed by atoms with Crippen LogP contribution in [0.5, 0.6) is 0 Å². The molecule has 0 aromatic carbocycles. The van der Waals surface area contributed by atoms with Crippen LogP contribution in [0.15, 0.2) is 0 Å². The molecule has 0 atom stereocenters. The van der Waals surface area contributed by atoms with E-state index in [-0.39, 0.29) is 35.7 Å². The molecule has 0 spiro atoms. The van der Waals surface area contributed by atoms with E-state index in [1.807, 2.05) is 0 Å². The summed E-state index contributed by atoms with van der Waals surface area (Å²) in [5, 5.41) is 0. The Bertz CT molecular complexity index is 675. The highest BCUT2D eigenvalue weighted by atomic mass is 19.1. The summed E-state index contributed by atoms with van der Waals surface area (Å²) in [5.41, 5.74) is -0.498. The van der Waals surface area contributed by atoms with Gasteiger partial charge in [-0.1, -0.05) is 0 Å². The van der Waals surface area contributed by atoms with Crippen molar-refractivity contribution < 1.29 is 14.0 Å². The molecule has 8 saturated carbocycles. The summed E-state index contributed by atoms with van der Waals surface area (Å²) in [6.45, 7) is 0.706. The molecule has 9 rings (SSSR count). The molecule has 2 amide bonds. The maximum absolute atomic E-state index is 15.0. The third-order valence-corrected chi connectivity index (χ3v) is 10.7. The molecule has 1 saturated heterocycles. The normalized spacial score (nSPS) is 52.1. The summed E-state index contributed by atoms with van der Waals surface area (Å²) in [5.74, 6) is 4.56. The fraction of sp³-hybridized carbons (Fsp3) is 0.923. The van der Waals surface area contributed by atoms with Crippen LogP contribution in [0.2, 0.25) is 0 Å². The van der Waals surface area contributed by atoms with Gasteiger partial charge >= 0.3 is 0 Å². The van der Waals surface area contributed by atoms with Crippen molar-refractivity contribution in [1.29, 1.82) is 0 Å². The van der Waals surface area contributed by atoms with Crippen LogP contribution in [0, 0.1) is 46.3 Å². The van der Waals surface area contributed by atoms with Crippen LogP contribution >= 0.6 is 0 Å². The first-order chi connectivity index (χ1) is 14.9. The minimum absolute atomic E-state index is 0.178. The highest BCUT2D eigenvalue weighted by Crippen LogP contribution is 2.62. The first kappa shape index (κ1) is 19.3. The molecule has 4 nitrogen and oxygen atoms in total. The van der Waals surface area contributed by atoms with Gasteiger partial charge in [0.15, 0.2) is 0 Å². The number of carbonyl (C=O) groups is 2. The number of carbonyl (C=O) groups excluding carboxylic acids is 2. The Morgan fingerprint density at radius 1 is 0.581 bits per heavy atom. The molecule has 8 aliphatic carbocycles. The standard InChI is InChI=1S/C26H37FN2O2/c27-22-13-28(23(30)25-7-16-1-17(8-25)3-18(2-16)9-25)15-29(14-22)24(31)26-10-19-4-20(11-26)6-21(5-19)12-26/h16-22H,1-15H2. The maximum Gasteiger partial charge on any atom is 0.230 e. The summed E-state index contributed by atoms with van der Waals surface area (Å²) < 4.78 is 15.0. The predicted molar refractivity (Wildman–Crippen MR) is 114 cm³/mol. The van der Waals surface area contributed by atoms with Crippen LogP contribution in [0.25, 0.3) is 0 Å². The molecule has 9 fully saturated rings. The van der Waals surface area contributed by atoms with E-state index < -0.39 is 6.17 Å². The van der Waals surface area contributed by atoms with Gasteiger partial charge in [0.05, 0.1) is 30.6 Å². The van der Waals surface area contributed by atoms with E-state index >= 15 is 0 Å². The molecule has 0 unspecified atom stereocenters. The fourth-order valence-corrected chi connectivity index (χ4v) is 10.6. The number of halogens is 1. The number of nitrogens with zero attached hydrogens (tertiary/aromatic N) is 2. The second kappa shape index (κ2) is 6.47. The van der Waals surface area contributed by atoms with Crippen molar-refractivity contribution in [3.05, 3.63) is 0 Å². The van der Waals surface area contributed by atoms with E-state index in [9.17, 15) is 14.0 Å². The summed E-state index contributed by atoms with van der Waals surface area (Å²) in [4.78, 5) is 31.2. The van der Waals surface area contributed by atoms with E-state index in [0.717, 1.165) is 38.5 Å². The van der Waals surface area contributed by atoms with Gasteiger partial charge < -0.3 is 9.80 Å². The summed E-state index contributed by atoms with van der Waals surface area (Å²) >= 11 is 0. The Balaban J connectivity index is 1.12. The lowest BCUT2D eigenvalue weighted by Gasteiger charge is -2.58. The Morgan fingerprint density at radius 2 is 0.871 bits per heavy atom. The lowest BCUT2D eigenvalue weighted by molar-refractivity contribution is -0.173. The molecule has 5 heteroatoms. The number of alkyl halides is 1. The molecule has 31 heavy (non-hydrogen) atoms. The molecule has 170 valence electrons.